The first-order chi connectivity index (χ1) is 9.65. The van der Waals surface area contributed by atoms with Crippen molar-refractivity contribution >= 4 is 23.4 Å². The van der Waals surface area contributed by atoms with Gasteiger partial charge in [-0.05, 0) is 33.4 Å². The van der Waals surface area contributed by atoms with Crippen LogP contribution in [0.25, 0.3) is 0 Å². The number of ketones is 1. The van der Waals surface area contributed by atoms with Crippen LogP contribution in [0.15, 0.2) is 17.1 Å². The summed E-state index contributed by atoms with van der Waals surface area (Å²) in [5, 5.41) is 2.67. The summed E-state index contributed by atoms with van der Waals surface area (Å²) in [6.07, 6.45) is 1.23. The summed E-state index contributed by atoms with van der Waals surface area (Å²) in [4.78, 5) is 38.0. The highest BCUT2D eigenvalue weighted by Crippen LogP contribution is 2.12. The van der Waals surface area contributed by atoms with Crippen molar-refractivity contribution in [2.24, 2.45) is 0 Å². The Morgan fingerprint density at radius 2 is 2.05 bits per heavy atom. The second-order valence-electron chi connectivity index (χ2n) is 5.45. The normalized spacial score (nSPS) is 12.8. The van der Waals surface area contributed by atoms with E-state index in [4.69, 9.17) is 16.3 Å². The first kappa shape index (κ1) is 17.4. The number of carbonyl (C=O) groups excluding carboxylic acids is 2. The summed E-state index contributed by atoms with van der Waals surface area (Å²) in [6.45, 7) is 7.33. The molecule has 1 aromatic heterocycles. The van der Waals surface area contributed by atoms with E-state index in [1.54, 1.807) is 27.7 Å². The van der Waals surface area contributed by atoms with Gasteiger partial charge in [-0.3, -0.25) is 14.9 Å². The van der Waals surface area contributed by atoms with E-state index in [0.29, 0.717) is 6.54 Å². The Morgan fingerprint density at radius 3 is 2.52 bits per heavy atom. The van der Waals surface area contributed by atoms with Crippen LogP contribution in [0, 0.1) is 0 Å². The fourth-order valence-corrected chi connectivity index (χ4v) is 1.78. The molecule has 0 saturated carbocycles. The van der Waals surface area contributed by atoms with E-state index in [2.05, 4.69) is 10.3 Å². The second-order valence-corrected chi connectivity index (χ2v) is 5.86. The molecule has 0 bridgehead atoms. The minimum Gasteiger partial charge on any atom is -0.458 e. The molecule has 0 aliphatic heterocycles. The third kappa shape index (κ3) is 4.99. The molecule has 0 aromatic carbocycles. The molecule has 0 radical (unpaired) electrons. The highest BCUT2D eigenvalue weighted by atomic mass is 35.5. The van der Waals surface area contributed by atoms with Crippen LogP contribution in [0.3, 0.4) is 0 Å². The summed E-state index contributed by atoms with van der Waals surface area (Å²) in [7, 11) is 0. The van der Waals surface area contributed by atoms with Crippen molar-refractivity contribution in [3.05, 3.63) is 33.2 Å². The third-order valence-electron chi connectivity index (χ3n) is 2.46. The van der Waals surface area contributed by atoms with Gasteiger partial charge in [0, 0.05) is 11.8 Å². The van der Waals surface area contributed by atoms with E-state index in [9.17, 15) is 14.4 Å². The van der Waals surface area contributed by atoms with Crippen molar-refractivity contribution in [3.63, 3.8) is 0 Å². The number of hydrogen-bond acceptors (Lipinski definition) is 5. The number of Topliss-reactive ketones (excluding diaryl/α,β-unsaturated/α-hetero) is 1. The molecule has 0 amide bonds. The molecule has 1 rings (SSSR count). The van der Waals surface area contributed by atoms with Gasteiger partial charge in [-0.1, -0.05) is 18.5 Å². The monoisotopic (exact) mass is 314 g/mol. The zero-order valence-electron chi connectivity index (χ0n) is 12.5. The topological polar surface area (TPSA) is 88.3 Å². The Bertz CT molecular complexity index is 589. The molecule has 1 aromatic rings. The van der Waals surface area contributed by atoms with Crippen LogP contribution in [0.5, 0.6) is 0 Å². The number of carbonyl (C=O) groups is 2. The lowest BCUT2D eigenvalue weighted by Crippen LogP contribution is -2.46. The maximum atomic E-state index is 12.4. The quantitative estimate of drug-likeness (QED) is 0.489. The predicted octanol–water partition coefficient (Wildman–Crippen LogP) is 1.53. The molecule has 7 heteroatoms. The molecule has 0 aliphatic carbocycles. The summed E-state index contributed by atoms with van der Waals surface area (Å²) in [5.74, 6) is -1.18. The zero-order valence-corrected chi connectivity index (χ0v) is 13.2. The first-order valence-electron chi connectivity index (χ1n) is 6.54. The van der Waals surface area contributed by atoms with Gasteiger partial charge in [0.05, 0.1) is 0 Å². The van der Waals surface area contributed by atoms with Crippen LogP contribution in [0.1, 0.15) is 38.1 Å². The maximum absolute atomic E-state index is 12.4. The van der Waals surface area contributed by atoms with Crippen molar-refractivity contribution in [2.45, 2.75) is 39.3 Å². The molecule has 0 saturated heterocycles. The van der Waals surface area contributed by atoms with Crippen LogP contribution in [0.2, 0.25) is 5.02 Å². The molecule has 1 atom stereocenters. The average Bonchev–Trinajstić information content (AvgIpc) is 2.36. The third-order valence-corrected chi connectivity index (χ3v) is 2.74. The van der Waals surface area contributed by atoms with Gasteiger partial charge in [-0.2, -0.15) is 0 Å². The van der Waals surface area contributed by atoms with Crippen LogP contribution in [-0.4, -0.2) is 34.9 Å². The number of ether oxygens (including phenoxy) is 1. The number of aromatic nitrogens is 1. The van der Waals surface area contributed by atoms with E-state index in [1.807, 2.05) is 0 Å². The van der Waals surface area contributed by atoms with Crippen LogP contribution in [0.4, 0.5) is 0 Å². The average molecular weight is 315 g/mol. The van der Waals surface area contributed by atoms with Gasteiger partial charge < -0.3 is 9.72 Å². The van der Waals surface area contributed by atoms with Crippen molar-refractivity contribution in [2.75, 3.05) is 6.54 Å². The van der Waals surface area contributed by atoms with Crippen molar-refractivity contribution in [3.8, 4) is 0 Å². The number of H-pyrrole nitrogens is 1. The molecular formula is C14H19ClN2O4. The van der Waals surface area contributed by atoms with Gasteiger partial charge in [0.25, 0.3) is 5.56 Å². The minimum atomic E-state index is -1.14. The standard InChI is InChI=1S/C14H19ClN2O4/c1-5-16-10(13(20)21-14(2,3)4)11(18)8-6-9(15)12(19)17-7-8/h6-7,10,16H,5H2,1-4H3,(H,17,19). The molecule has 0 fully saturated rings. The second kappa shape index (κ2) is 6.87. The predicted molar refractivity (Wildman–Crippen MR) is 79.7 cm³/mol. The lowest BCUT2D eigenvalue weighted by Gasteiger charge is -2.23. The molecule has 1 heterocycles. The molecule has 21 heavy (non-hydrogen) atoms. The Hall–Kier alpha value is -1.66. The van der Waals surface area contributed by atoms with E-state index in [1.165, 1.54) is 12.3 Å². The number of pyridine rings is 1. The minimum absolute atomic E-state index is 0.111. The van der Waals surface area contributed by atoms with E-state index >= 15 is 0 Å². The Morgan fingerprint density at radius 1 is 1.43 bits per heavy atom. The van der Waals surface area contributed by atoms with Gasteiger partial charge in [-0.25, -0.2) is 4.79 Å². The van der Waals surface area contributed by atoms with Crippen LogP contribution in [-0.2, 0) is 9.53 Å². The number of likely N-dealkylation sites (N-methyl/N-ethyl adjacent to an activating group) is 1. The molecule has 116 valence electrons. The molecule has 6 nitrogen and oxygen atoms in total. The van der Waals surface area contributed by atoms with Gasteiger partial charge in [0.15, 0.2) is 11.8 Å². The lowest BCUT2D eigenvalue weighted by molar-refractivity contribution is -0.155. The zero-order chi connectivity index (χ0) is 16.2. The summed E-state index contributed by atoms with van der Waals surface area (Å²) in [5.41, 5.74) is -1.06. The van der Waals surface area contributed by atoms with E-state index in [-0.39, 0.29) is 10.6 Å². The smallest absolute Gasteiger partial charge is 0.331 e. The lowest BCUT2D eigenvalue weighted by atomic mass is 10.1. The summed E-state index contributed by atoms with van der Waals surface area (Å²) < 4.78 is 5.22. The van der Waals surface area contributed by atoms with Gasteiger partial charge >= 0.3 is 5.97 Å². The molecule has 1 unspecified atom stereocenters. The van der Waals surface area contributed by atoms with E-state index < -0.39 is 29.0 Å². The molecule has 2 N–H and O–H groups in total. The largest absolute Gasteiger partial charge is 0.458 e. The van der Waals surface area contributed by atoms with Crippen LogP contribution < -0.4 is 10.9 Å². The summed E-state index contributed by atoms with van der Waals surface area (Å²) >= 11 is 5.69. The molecule has 0 spiro atoms. The SMILES string of the molecule is CCNC(C(=O)OC(C)(C)C)C(=O)c1c[nH]c(=O)c(Cl)c1. The fourth-order valence-electron chi connectivity index (χ4n) is 1.61. The highest BCUT2D eigenvalue weighted by Gasteiger charge is 2.31. The number of nitrogens with one attached hydrogen (secondary N) is 2. The Balaban J connectivity index is 3.04. The van der Waals surface area contributed by atoms with Gasteiger partial charge in [-0.15, -0.1) is 0 Å². The van der Waals surface area contributed by atoms with Gasteiger partial charge in [0.2, 0.25) is 0 Å². The maximum Gasteiger partial charge on any atom is 0.331 e. The number of rotatable bonds is 5. The van der Waals surface area contributed by atoms with Gasteiger partial charge in [0.1, 0.15) is 10.6 Å². The summed E-state index contributed by atoms with van der Waals surface area (Å²) in [6, 6.07) is 0.0911. The fraction of sp³-hybridized carbons (Fsp3) is 0.500. The van der Waals surface area contributed by atoms with Crippen molar-refractivity contribution in [1.29, 1.82) is 0 Å². The van der Waals surface area contributed by atoms with Crippen molar-refractivity contribution in [1.82, 2.24) is 10.3 Å². The number of esters is 1. The Kier molecular flexibility index (Phi) is 5.69. The van der Waals surface area contributed by atoms with Crippen LogP contribution >= 0.6 is 11.6 Å². The first-order valence-corrected chi connectivity index (χ1v) is 6.92. The number of hydrogen-bond donors (Lipinski definition) is 2. The van der Waals surface area contributed by atoms with Crippen molar-refractivity contribution < 1.29 is 14.3 Å². The number of aromatic amines is 1. The number of halogens is 1. The molecule has 0 aliphatic rings. The Labute approximate surface area is 127 Å². The molecular weight excluding hydrogens is 296 g/mol. The van der Waals surface area contributed by atoms with E-state index in [0.717, 1.165) is 0 Å². The highest BCUT2D eigenvalue weighted by molar-refractivity contribution is 6.30.